The van der Waals surface area contributed by atoms with Crippen LogP contribution in [0.15, 0.2) is 25.9 Å². The summed E-state index contributed by atoms with van der Waals surface area (Å²) in [7, 11) is 4.34. The number of ether oxygens (including phenoxy) is 4. The summed E-state index contributed by atoms with van der Waals surface area (Å²) in [5.74, 6) is 0. The Morgan fingerprint density at radius 1 is 0.833 bits per heavy atom. The van der Waals surface area contributed by atoms with Crippen LogP contribution in [0.4, 0.5) is 19.2 Å². The summed E-state index contributed by atoms with van der Waals surface area (Å²) in [6.07, 6.45) is 4.23. The zero-order valence-electron chi connectivity index (χ0n) is 32.7. The van der Waals surface area contributed by atoms with Gasteiger partial charge < -0.3 is 29.6 Å². The standard InChI is InChI=1S/C17H26BrN3O4S.C17H27N3O4S.BHNS/c1-10(2)24-15(22)20-11-6-7-12(14-19-8-13(18)26-14)21(9-11)16(23)25-17(3,4)5;1-11(2)23-15(21)19-12-6-7-13(14-18-8-9-25-14)20(10-12)16(22)24-17(3,4)5;1-2-3/h8,10-12H,6-7,9H2,1-5H3,(H,20,22);8-9,11-13H,6-7,10H2,1-5H3,(H,19,21);3H/t11-,12+;12-,13+;/m11./s1. The fourth-order valence-electron chi connectivity index (χ4n) is 5.39. The van der Waals surface area contributed by atoms with E-state index < -0.39 is 35.6 Å². The van der Waals surface area contributed by atoms with E-state index in [1.54, 1.807) is 49.9 Å². The number of nitrogens with one attached hydrogen (secondary N) is 2. The molecule has 0 bridgehead atoms. The summed E-state index contributed by atoms with van der Waals surface area (Å²) in [5, 5.41) is 9.31. The van der Waals surface area contributed by atoms with Crippen LogP contribution in [0.5, 0.6) is 0 Å². The van der Waals surface area contributed by atoms with Crippen molar-refractivity contribution in [1.29, 1.82) is 0 Å². The Morgan fingerprint density at radius 3 is 1.59 bits per heavy atom. The van der Waals surface area contributed by atoms with Gasteiger partial charge in [0, 0.05) is 24.7 Å². The minimum absolute atomic E-state index is 0.131. The van der Waals surface area contributed by atoms with E-state index in [1.807, 2.05) is 46.9 Å². The van der Waals surface area contributed by atoms with Crippen LogP contribution in [0.3, 0.4) is 0 Å². The van der Waals surface area contributed by atoms with Gasteiger partial charge in [-0.1, -0.05) is 0 Å². The van der Waals surface area contributed by atoms with Gasteiger partial charge in [0.15, 0.2) is 0 Å². The topological polar surface area (TPSA) is 174 Å². The number of hydrogen-bond acceptors (Lipinski definition) is 14. The van der Waals surface area contributed by atoms with Gasteiger partial charge in [0.1, 0.15) is 21.2 Å². The van der Waals surface area contributed by atoms with Crippen molar-refractivity contribution in [2.24, 2.45) is 4.30 Å². The van der Waals surface area contributed by atoms with E-state index in [0.29, 0.717) is 25.9 Å². The monoisotopic (exact) mass is 874 g/mol. The van der Waals surface area contributed by atoms with Gasteiger partial charge in [0.2, 0.25) is 0 Å². The predicted molar refractivity (Wildman–Crippen MR) is 216 cm³/mol. The van der Waals surface area contributed by atoms with Crippen molar-refractivity contribution in [3.05, 3.63) is 31.6 Å². The molecule has 0 unspecified atom stereocenters. The summed E-state index contributed by atoms with van der Waals surface area (Å²) in [6.45, 7) is 18.9. The van der Waals surface area contributed by atoms with Crippen LogP contribution in [0.25, 0.3) is 0 Å². The Hall–Kier alpha value is -2.97. The van der Waals surface area contributed by atoms with E-state index in [4.69, 9.17) is 18.9 Å². The Morgan fingerprint density at radius 2 is 1.26 bits per heavy atom. The fourth-order valence-corrected chi connectivity index (χ4v) is 7.56. The van der Waals surface area contributed by atoms with Crippen molar-refractivity contribution in [2.45, 2.75) is 142 Å². The van der Waals surface area contributed by atoms with Gasteiger partial charge in [0.25, 0.3) is 0 Å². The van der Waals surface area contributed by atoms with Gasteiger partial charge in [0.05, 0.1) is 46.4 Å². The molecule has 4 atom stereocenters. The summed E-state index contributed by atoms with van der Waals surface area (Å²) < 4.78 is 25.0. The molecular weight excluding hydrogens is 821 g/mol. The summed E-state index contributed by atoms with van der Waals surface area (Å²) >= 11 is 9.63. The first-order valence-corrected chi connectivity index (χ1v) is 20.5. The van der Waals surface area contributed by atoms with Crippen molar-refractivity contribution in [3.63, 3.8) is 0 Å². The number of thiol groups is 1. The van der Waals surface area contributed by atoms with Crippen LogP contribution in [-0.4, -0.2) is 100 Å². The molecule has 301 valence electrons. The maximum absolute atomic E-state index is 12.7. The molecule has 54 heavy (non-hydrogen) atoms. The molecule has 2 N–H and O–H groups in total. The Bertz CT molecular complexity index is 1500. The van der Waals surface area contributed by atoms with Gasteiger partial charge >= 0.3 is 49.1 Å². The van der Waals surface area contributed by atoms with Gasteiger partial charge in [-0.25, -0.2) is 29.1 Å². The number of nitrogens with zero attached hydrogens (tertiary/aromatic N) is 5. The molecule has 4 rings (SSSR count). The zero-order valence-corrected chi connectivity index (χ0v) is 36.8. The van der Waals surface area contributed by atoms with E-state index in [9.17, 15) is 19.2 Å². The van der Waals surface area contributed by atoms with E-state index in [1.165, 1.54) is 22.7 Å². The van der Waals surface area contributed by atoms with E-state index in [2.05, 4.69) is 61.3 Å². The molecule has 2 aliphatic rings. The van der Waals surface area contributed by atoms with Gasteiger partial charge in [-0.2, -0.15) is 0 Å². The van der Waals surface area contributed by atoms with Crippen molar-refractivity contribution in [1.82, 2.24) is 30.4 Å². The average molecular weight is 876 g/mol. The molecule has 2 aromatic heterocycles. The van der Waals surface area contributed by atoms with Crippen molar-refractivity contribution < 1.29 is 38.1 Å². The molecule has 4 amide bonds. The number of carbonyl (C=O) groups is 4. The zero-order chi connectivity index (χ0) is 40.8. The third-order valence-corrected chi connectivity index (χ3v) is 9.72. The molecule has 2 fully saturated rings. The van der Waals surface area contributed by atoms with Gasteiger partial charge in [-0.05, 0) is 111 Å². The molecule has 0 saturated carbocycles. The molecule has 4 heterocycles. The SMILES string of the molecule is CC(C)OC(=O)N[C@@H]1CC[C@@H](c2ncc(Br)s2)N(C(=O)OC(C)(C)C)C1.CC(C)OC(=O)N[C@@H]1CC[C@@H](c2nccs2)N(C(=O)OC(C)(C)C)C1.[B]=NS. The Labute approximate surface area is 341 Å². The number of alkyl carbamates (subject to hydrolysis) is 2. The number of thiazole rings is 2. The minimum atomic E-state index is -0.595. The summed E-state index contributed by atoms with van der Waals surface area (Å²) in [5.41, 5.74) is -1.18. The molecule has 1 radical (unpaired) electrons. The van der Waals surface area contributed by atoms with Crippen LogP contribution in [0, 0.1) is 0 Å². The molecule has 2 saturated heterocycles. The average Bonchev–Trinajstić information content (AvgIpc) is 3.72. The molecular formula is C34H54BBrN7O8S3. The maximum atomic E-state index is 12.7. The van der Waals surface area contributed by atoms with Crippen LogP contribution >= 0.6 is 51.4 Å². The van der Waals surface area contributed by atoms with E-state index >= 15 is 0 Å². The van der Waals surface area contributed by atoms with E-state index in [-0.39, 0.29) is 36.4 Å². The van der Waals surface area contributed by atoms with Crippen LogP contribution < -0.4 is 10.6 Å². The number of aromatic nitrogens is 2. The van der Waals surface area contributed by atoms with Crippen LogP contribution in [-0.2, 0) is 18.9 Å². The van der Waals surface area contributed by atoms with Crippen molar-refractivity contribution >= 4 is 83.4 Å². The first-order valence-electron chi connectivity index (χ1n) is 17.6. The second-order valence-corrected chi connectivity index (χ2v) is 18.6. The second-order valence-electron chi connectivity index (χ2n) is 15.0. The summed E-state index contributed by atoms with van der Waals surface area (Å²) in [6, 6.07) is -0.655. The molecule has 0 aliphatic carbocycles. The van der Waals surface area contributed by atoms with Crippen molar-refractivity contribution in [2.75, 3.05) is 13.1 Å². The van der Waals surface area contributed by atoms with Gasteiger partial charge in [-0.15, -0.1) is 22.7 Å². The molecule has 15 nitrogen and oxygen atoms in total. The Balaban J connectivity index is 0.000000348. The van der Waals surface area contributed by atoms with E-state index in [0.717, 1.165) is 26.6 Å². The molecule has 0 spiro atoms. The second kappa shape index (κ2) is 21.9. The predicted octanol–water partition coefficient (Wildman–Crippen LogP) is 8.38. The number of piperidine rings is 2. The normalized spacial score (nSPS) is 20.0. The number of amides is 4. The third kappa shape index (κ3) is 17.2. The number of carbonyl (C=O) groups excluding carboxylic acids is 4. The third-order valence-electron chi connectivity index (χ3n) is 7.27. The van der Waals surface area contributed by atoms with Crippen LogP contribution in [0.2, 0.25) is 0 Å². The first-order chi connectivity index (χ1) is 25.1. The Kier molecular flexibility index (Phi) is 19.2. The number of rotatable bonds is 6. The quantitative estimate of drug-likeness (QED) is 0.145. The fraction of sp³-hybridized carbons (Fsp3) is 0.706. The summed E-state index contributed by atoms with van der Waals surface area (Å²) in [4.78, 5) is 61.2. The van der Waals surface area contributed by atoms with Crippen molar-refractivity contribution in [3.8, 4) is 0 Å². The first kappa shape index (κ1) is 47.2. The van der Waals surface area contributed by atoms with Gasteiger partial charge in [-0.3, -0.25) is 9.80 Å². The number of hydrogen-bond donors (Lipinski definition) is 3. The van der Waals surface area contributed by atoms with Crippen LogP contribution in [0.1, 0.15) is 117 Å². The number of halogens is 1. The molecule has 20 heteroatoms. The number of likely N-dealkylation sites (tertiary alicyclic amines) is 2. The molecule has 0 aromatic carbocycles. The molecule has 2 aromatic rings. The molecule has 2 aliphatic heterocycles.